The third-order valence-corrected chi connectivity index (χ3v) is 2.96. The average Bonchev–Trinajstić information content (AvgIpc) is 2.54. The summed E-state index contributed by atoms with van der Waals surface area (Å²) in [4.78, 5) is 2.22. The Bertz CT molecular complexity index is 187. The Morgan fingerprint density at radius 2 is 2.38 bits per heavy atom. The number of hydrogen-bond donors (Lipinski definition) is 1. The largest absolute Gasteiger partial charge is 0.381 e. The molecule has 0 aromatic rings. The van der Waals surface area contributed by atoms with E-state index in [0.29, 0.717) is 5.92 Å². The van der Waals surface area contributed by atoms with Crippen LogP contribution in [-0.4, -0.2) is 37.0 Å². The maximum absolute atomic E-state index is 7.71. The summed E-state index contributed by atoms with van der Waals surface area (Å²) in [7, 11) is 0. The second kappa shape index (κ2) is 4.09. The molecule has 2 heterocycles. The summed E-state index contributed by atoms with van der Waals surface area (Å²) in [6.45, 7) is 3.99. The van der Waals surface area contributed by atoms with Gasteiger partial charge in [0.2, 0.25) is 0 Å². The van der Waals surface area contributed by atoms with Crippen molar-refractivity contribution in [2.45, 2.75) is 25.7 Å². The Morgan fingerprint density at radius 1 is 1.46 bits per heavy atom. The van der Waals surface area contributed by atoms with Gasteiger partial charge in [-0.15, -0.1) is 0 Å². The molecule has 0 radical (unpaired) electrons. The summed E-state index contributed by atoms with van der Waals surface area (Å²) in [5.74, 6) is 1.51. The lowest BCUT2D eigenvalue weighted by atomic mass is 10.0. The predicted molar refractivity (Wildman–Crippen MR) is 52.1 cm³/mol. The first-order valence-electron chi connectivity index (χ1n) is 5.26. The molecule has 1 unspecified atom stereocenters. The van der Waals surface area contributed by atoms with E-state index in [1.807, 2.05) is 0 Å². The van der Waals surface area contributed by atoms with Gasteiger partial charge in [0.1, 0.15) is 0 Å². The van der Waals surface area contributed by atoms with Crippen molar-refractivity contribution in [3.63, 3.8) is 0 Å². The Morgan fingerprint density at radius 3 is 3.00 bits per heavy atom. The summed E-state index contributed by atoms with van der Waals surface area (Å²) in [5, 5.41) is 7.71. The highest BCUT2D eigenvalue weighted by Crippen LogP contribution is 2.18. The third-order valence-electron chi connectivity index (χ3n) is 2.96. The maximum atomic E-state index is 7.71. The molecule has 2 aliphatic heterocycles. The van der Waals surface area contributed by atoms with Crippen LogP contribution in [-0.2, 0) is 4.74 Å². The molecule has 0 spiro atoms. The molecule has 0 aromatic carbocycles. The van der Waals surface area contributed by atoms with Crippen molar-refractivity contribution in [2.24, 2.45) is 5.92 Å². The number of ether oxygens (including phenoxy) is 1. The smallest absolute Gasteiger partial charge is 0.0958 e. The normalized spacial score (nSPS) is 29.7. The van der Waals surface area contributed by atoms with Crippen molar-refractivity contribution in [2.75, 3.05) is 26.3 Å². The van der Waals surface area contributed by atoms with Crippen molar-refractivity contribution >= 4 is 5.84 Å². The molecule has 0 aliphatic carbocycles. The Kier molecular flexibility index (Phi) is 2.83. The SMILES string of the molecule is N=C1CCCN1CC1CCCOC1. The maximum Gasteiger partial charge on any atom is 0.0958 e. The molecule has 1 atom stereocenters. The van der Waals surface area contributed by atoms with E-state index in [0.717, 1.165) is 38.6 Å². The van der Waals surface area contributed by atoms with Gasteiger partial charge >= 0.3 is 0 Å². The average molecular weight is 182 g/mol. The van der Waals surface area contributed by atoms with E-state index < -0.39 is 0 Å². The van der Waals surface area contributed by atoms with Gasteiger partial charge in [-0.3, -0.25) is 5.41 Å². The third kappa shape index (κ3) is 2.21. The highest BCUT2D eigenvalue weighted by atomic mass is 16.5. The number of hydrogen-bond acceptors (Lipinski definition) is 2. The monoisotopic (exact) mass is 182 g/mol. The van der Waals surface area contributed by atoms with E-state index in [1.165, 1.54) is 19.3 Å². The highest BCUT2D eigenvalue weighted by molar-refractivity contribution is 5.80. The lowest BCUT2D eigenvalue weighted by molar-refractivity contribution is 0.0474. The topological polar surface area (TPSA) is 36.3 Å². The standard InChI is InChI=1S/C10H18N2O/c11-10-4-1-5-12(10)7-9-3-2-6-13-8-9/h9,11H,1-8H2. The van der Waals surface area contributed by atoms with E-state index in [-0.39, 0.29) is 0 Å². The molecule has 2 rings (SSSR count). The minimum atomic E-state index is 0.673. The van der Waals surface area contributed by atoms with Crippen LogP contribution in [0.2, 0.25) is 0 Å². The van der Waals surface area contributed by atoms with Crippen LogP contribution in [0.5, 0.6) is 0 Å². The van der Waals surface area contributed by atoms with Gasteiger partial charge in [-0.25, -0.2) is 0 Å². The fraction of sp³-hybridized carbons (Fsp3) is 0.900. The summed E-state index contributed by atoms with van der Waals surface area (Å²) in [6.07, 6.45) is 4.63. The van der Waals surface area contributed by atoms with Crippen LogP contribution < -0.4 is 0 Å². The van der Waals surface area contributed by atoms with E-state index in [1.54, 1.807) is 0 Å². The van der Waals surface area contributed by atoms with Gasteiger partial charge in [0.05, 0.1) is 12.4 Å². The molecule has 3 heteroatoms. The van der Waals surface area contributed by atoms with E-state index in [4.69, 9.17) is 10.1 Å². The Balaban J connectivity index is 1.79. The molecule has 3 nitrogen and oxygen atoms in total. The summed E-state index contributed by atoms with van der Waals surface area (Å²) >= 11 is 0. The first kappa shape index (κ1) is 9.00. The minimum absolute atomic E-state index is 0.673. The molecule has 74 valence electrons. The lowest BCUT2D eigenvalue weighted by Gasteiger charge is -2.27. The van der Waals surface area contributed by atoms with Crippen LogP contribution in [0.1, 0.15) is 25.7 Å². The number of likely N-dealkylation sites (tertiary alicyclic amines) is 1. The zero-order valence-electron chi connectivity index (χ0n) is 8.09. The summed E-state index contributed by atoms with van der Waals surface area (Å²) < 4.78 is 5.43. The van der Waals surface area contributed by atoms with Gasteiger partial charge in [0, 0.05) is 26.1 Å². The molecular formula is C10H18N2O. The van der Waals surface area contributed by atoms with E-state index in [9.17, 15) is 0 Å². The molecule has 0 saturated carbocycles. The fourth-order valence-electron chi connectivity index (χ4n) is 2.19. The fourth-order valence-corrected chi connectivity index (χ4v) is 2.19. The quantitative estimate of drug-likeness (QED) is 0.702. The molecule has 1 N–H and O–H groups in total. The first-order chi connectivity index (χ1) is 6.36. The Hall–Kier alpha value is -0.570. The zero-order valence-corrected chi connectivity index (χ0v) is 8.09. The predicted octanol–water partition coefficient (Wildman–Crippen LogP) is 1.49. The second-order valence-electron chi connectivity index (χ2n) is 4.08. The second-order valence-corrected chi connectivity index (χ2v) is 4.08. The molecular weight excluding hydrogens is 164 g/mol. The Labute approximate surface area is 79.6 Å². The molecule has 2 fully saturated rings. The van der Waals surface area contributed by atoms with Crippen LogP contribution >= 0.6 is 0 Å². The van der Waals surface area contributed by atoms with Crippen molar-refractivity contribution in [3.05, 3.63) is 0 Å². The van der Waals surface area contributed by atoms with Crippen LogP contribution in [0.3, 0.4) is 0 Å². The summed E-state index contributed by atoms with van der Waals surface area (Å²) in [5.41, 5.74) is 0. The molecule has 2 aliphatic rings. The molecule has 13 heavy (non-hydrogen) atoms. The minimum Gasteiger partial charge on any atom is -0.381 e. The lowest BCUT2D eigenvalue weighted by Crippen LogP contribution is -2.33. The molecule has 0 amide bonds. The van der Waals surface area contributed by atoms with Gasteiger partial charge < -0.3 is 9.64 Å². The van der Waals surface area contributed by atoms with Crippen LogP contribution in [0.15, 0.2) is 0 Å². The zero-order chi connectivity index (χ0) is 9.10. The number of nitrogens with zero attached hydrogens (tertiary/aromatic N) is 1. The number of rotatable bonds is 2. The van der Waals surface area contributed by atoms with Crippen LogP contribution in [0.4, 0.5) is 0 Å². The van der Waals surface area contributed by atoms with E-state index >= 15 is 0 Å². The van der Waals surface area contributed by atoms with Crippen molar-refractivity contribution in [3.8, 4) is 0 Å². The number of amidine groups is 1. The highest BCUT2D eigenvalue weighted by Gasteiger charge is 2.22. The van der Waals surface area contributed by atoms with Gasteiger partial charge in [0.25, 0.3) is 0 Å². The number of nitrogens with one attached hydrogen (secondary N) is 1. The van der Waals surface area contributed by atoms with Crippen molar-refractivity contribution < 1.29 is 4.74 Å². The van der Waals surface area contributed by atoms with Crippen LogP contribution in [0, 0.1) is 11.3 Å². The van der Waals surface area contributed by atoms with Crippen LogP contribution in [0.25, 0.3) is 0 Å². The van der Waals surface area contributed by atoms with Crippen molar-refractivity contribution in [1.29, 1.82) is 5.41 Å². The molecule has 0 bridgehead atoms. The van der Waals surface area contributed by atoms with Gasteiger partial charge in [-0.1, -0.05) is 0 Å². The van der Waals surface area contributed by atoms with Crippen molar-refractivity contribution in [1.82, 2.24) is 4.90 Å². The van der Waals surface area contributed by atoms with Gasteiger partial charge in [-0.2, -0.15) is 0 Å². The first-order valence-corrected chi connectivity index (χ1v) is 5.26. The van der Waals surface area contributed by atoms with E-state index in [2.05, 4.69) is 4.90 Å². The van der Waals surface area contributed by atoms with Gasteiger partial charge in [-0.05, 0) is 25.2 Å². The molecule has 0 aromatic heterocycles. The van der Waals surface area contributed by atoms with Gasteiger partial charge in [0.15, 0.2) is 0 Å². The molecule has 2 saturated heterocycles. The summed E-state index contributed by atoms with van der Waals surface area (Å²) in [6, 6.07) is 0.